The van der Waals surface area contributed by atoms with Gasteiger partial charge in [-0.15, -0.1) is 0 Å². The van der Waals surface area contributed by atoms with Crippen LogP contribution in [0.4, 0.5) is 4.39 Å². The molecule has 0 saturated carbocycles. The third-order valence-corrected chi connectivity index (χ3v) is 6.26. The third kappa shape index (κ3) is 6.27. The number of rotatable bonds is 10. The SMILES string of the molecule is COc1ccc(CN2CCC(O)(COc3ccc(F)cc3)CC2)cc1OCCn1ccnc1C. The van der Waals surface area contributed by atoms with Crippen LogP contribution in [0.1, 0.15) is 24.2 Å². The van der Waals surface area contributed by atoms with E-state index in [9.17, 15) is 9.50 Å². The van der Waals surface area contributed by atoms with Crippen LogP contribution in [0.2, 0.25) is 0 Å². The topological polar surface area (TPSA) is 69.0 Å². The second kappa shape index (κ2) is 10.9. The van der Waals surface area contributed by atoms with Gasteiger partial charge in [-0.1, -0.05) is 6.07 Å². The Bertz CT molecular complexity index is 1060. The smallest absolute Gasteiger partial charge is 0.161 e. The molecule has 2 heterocycles. The van der Waals surface area contributed by atoms with E-state index in [1.165, 1.54) is 12.1 Å². The molecule has 0 bridgehead atoms. The van der Waals surface area contributed by atoms with E-state index in [0.717, 1.165) is 36.8 Å². The van der Waals surface area contributed by atoms with Gasteiger partial charge in [-0.05, 0) is 61.7 Å². The van der Waals surface area contributed by atoms with Crippen molar-refractivity contribution in [2.75, 3.05) is 33.4 Å². The van der Waals surface area contributed by atoms with Crippen molar-refractivity contribution >= 4 is 0 Å². The van der Waals surface area contributed by atoms with E-state index < -0.39 is 5.60 Å². The molecule has 1 aromatic heterocycles. The van der Waals surface area contributed by atoms with E-state index in [-0.39, 0.29) is 12.4 Å². The minimum absolute atomic E-state index is 0.198. The van der Waals surface area contributed by atoms with Gasteiger partial charge in [-0.2, -0.15) is 0 Å². The first-order chi connectivity index (χ1) is 16.4. The third-order valence-electron chi connectivity index (χ3n) is 6.26. The fourth-order valence-electron chi connectivity index (χ4n) is 4.10. The van der Waals surface area contributed by atoms with Gasteiger partial charge in [0.15, 0.2) is 11.5 Å². The monoisotopic (exact) mass is 469 g/mol. The van der Waals surface area contributed by atoms with Gasteiger partial charge >= 0.3 is 0 Å². The molecular formula is C26H32FN3O4. The van der Waals surface area contributed by atoms with E-state index in [4.69, 9.17) is 14.2 Å². The molecule has 1 saturated heterocycles. The molecule has 182 valence electrons. The van der Waals surface area contributed by atoms with Crippen LogP contribution in [0, 0.1) is 12.7 Å². The van der Waals surface area contributed by atoms with Crippen LogP contribution >= 0.6 is 0 Å². The molecule has 1 aliphatic heterocycles. The highest BCUT2D eigenvalue weighted by Gasteiger charge is 2.33. The zero-order valence-electron chi connectivity index (χ0n) is 19.7. The molecule has 0 amide bonds. The van der Waals surface area contributed by atoms with Crippen molar-refractivity contribution in [3.05, 3.63) is 72.1 Å². The zero-order chi connectivity index (χ0) is 24.0. The van der Waals surface area contributed by atoms with Crippen LogP contribution in [-0.2, 0) is 13.1 Å². The van der Waals surface area contributed by atoms with Crippen LogP contribution in [0.5, 0.6) is 17.2 Å². The molecule has 1 N–H and O–H groups in total. The van der Waals surface area contributed by atoms with Crippen molar-refractivity contribution in [3.8, 4) is 17.2 Å². The summed E-state index contributed by atoms with van der Waals surface area (Å²) in [6, 6.07) is 11.9. The molecule has 8 heteroatoms. The summed E-state index contributed by atoms with van der Waals surface area (Å²) in [6.45, 7) is 5.66. The van der Waals surface area contributed by atoms with Gasteiger partial charge in [0.25, 0.3) is 0 Å². The summed E-state index contributed by atoms with van der Waals surface area (Å²) >= 11 is 0. The number of hydrogen-bond acceptors (Lipinski definition) is 6. The van der Waals surface area contributed by atoms with Crippen molar-refractivity contribution in [1.29, 1.82) is 0 Å². The van der Waals surface area contributed by atoms with Gasteiger partial charge in [-0.3, -0.25) is 4.90 Å². The number of halogens is 1. The lowest BCUT2D eigenvalue weighted by Crippen LogP contribution is -2.47. The first-order valence-corrected chi connectivity index (χ1v) is 11.5. The lowest BCUT2D eigenvalue weighted by molar-refractivity contribution is -0.0537. The van der Waals surface area contributed by atoms with Crippen molar-refractivity contribution in [1.82, 2.24) is 14.5 Å². The molecule has 0 radical (unpaired) electrons. The summed E-state index contributed by atoms with van der Waals surface area (Å²) in [4.78, 5) is 6.55. The maximum Gasteiger partial charge on any atom is 0.161 e. The number of hydrogen-bond donors (Lipinski definition) is 1. The van der Waals surface area contributed by atoms with Crippen LogP contribution in [0.3, 0.4) is 0 Å². The molecule has 4 rings (SSSR count). The number of methoxy groups -OCH3 is 1. The first-order valence-electron chi connectivity index (χ1n) is 11.5. The summed E-state index contributed by atoms with van der Waals surface area (Å²) in [5, 5.41) is 10.9. The van der Waals surface area contributed by atoms with Crippen LogP contribution in [0.15, 0.2) is 54.9 Å². The first kappa shape index (κ1) is 24.0. The molecule has 1 aliphatic rings. The summed E-state index contributed by atoms with van der Waals surface area (Å²) < 4.78 is 32.3. The summed E-state index contributed by atoms with van der Waals surface area (Å²) in [6.07, 6.45) is 4.94. The van der Waals surface area contributed by atoms with Crippen molar-refractivity contribution in [3.63, 3.8) is 0 Å². The van der Waals surface area contributed by atoms with E-state index in [1.54, 1.807) is 25.4 Å². The fourth-order valence-corrected chi connectivity index (χ4v) is 4.10. The average Bonchev–Trinajstić information content (AvgIpc) is 3.25. The number of aliphatic hydroxyl groups is 1. The Kier molecular flexibility index (Phi) is 7.70. The molecule has 0 unspecified atom stereocenters. The average molecular weight is 470 g/mol. The molecule has 34 heavy (non-hydrogen) atoms. The van der Waals surface area contributed by atoms with Crippen LogP contribution in [-0.4, -0.2) is 58.6 Å². The lowest BCUT2D eigenvalue weighted by Gasteiger charge is -2.38. The van der Waals surface area contributed by atoms with E-state index in [0.29, 0.717) is 37.5 Å². The maximum atomic E-state index is 13.1. The highest BCUT2D eigenvalue weighted by atomic mass is 19.1. The molecule has 0 aliphatic carbocycles. The van der Waals surface area contributed by atoms with E-state index in [1.807, 2.05) is 35.9 Å². The molecule has 1 fully saturated rings. The van der Waals surface area contributed by atoms with E-state index >= 15 is 0 Å². The zero-order valence-corrected chi connectivity index (χ0v) is 19.7. The number of piperidine rings is 1. The highest BCUT2D eigenvalue weighted by Crippen LogP contribution is 2.30. The van der Waals surface area contributed by atoms with E-state index in [2.05, 4.69) is 9.88 Å². The second-order valence-electron chi connectivity index (χ2n) is 8.74. The Morgan fingerprint density at radius 3 is 2.50 bits per heavy atom. The quantitative estimate of drug-likeness (QED) is 0.487. The molecule has 0 atom stereocenters. The molecule has 7 nitrogen and oxygen atoms in total. The minimum Gasteiger partial charge on any atom is -0.493 e. The molecule has 2 aromatic carbocycles. The Balaban J connectivity index is 1.28. The van der Waals surface area contributed by atoms with Crippen molar-refractivity contribution < 1.29 is 23.7 Å². The molecule has 0 spiro atoms. The Labute approximate surface area is 199 Å². The number of aromatic nitrogens is 2. The summed E-state index contributed by atoms with van der Waals surface area (Å²) in [5.41, 5.74) is 0.243. The summed E-state index contributed by atoms with van der Waals surface area (Å²) in [7, 11) is 1.64. The number of ether oxygens (including phenoxy) is 3. The second-order valence-corrected chi connectivity index (χ2v) is 8.74. The number of likely N-dealkylation sites (tertiary alicyclic amines) is 1. The predicted molar refractivity (Wildman–Crippen MR) is 127 cm³/mol. The van der Waals surface area contributed by atoms with Crippen LogP contribution < -0.4 is 14.2 Å². The largest absolute Gasteiger partial charge is 0.493 e. The van der Waals surface area contributed by atoms with Gasteiger partial charge in [0, 0.05) is 32.0 Å². The molecular weight excluding hydrogens is 437 g/mol. The van der Waals surface area contributed by atoms with Crippen LogP contribution in [0.25, 0.3) is 0 Å². The van der Waals surface area contributed by atoms with Gasteiger partial charge < -0.3 is 23.9 Å². The van der Waals surface area contributed by atoms with Gasteiger partial charge in [-0.25, -0.2) is 9.37 Å². The normalized spacial score (nSPS) is 15.8. The van der Waals surface area contributed by atoms with Crippen molar-refractivity contribution in [2.24, 2.45) is 0 Å². The minimum atomic E-state index is -0.884. The lowest BCUT2D eigenvalue weighted by atomic mass is 9.92. The predicted octanol–water partition coefficient (Wildman–Crippen LogP) is 3.82. The fraction of sp³-hybridized carbons (Fsp3) is 0.423. The van der Waals surface area contributed by atoms with Gasteiger partial charge in [0.2, 0.25) is 0 Å². The maximum absolute atomic E-state index is 13.1. The Morgan fingerprint density at radius 1 is 1.06 bits per heavy atom. The Morgan fingerprint density at radius 2 is 1.82 bits per heavy atom. The number of imidazole rings is 1. The van der Waals surface area contributed by atoms with Gasteiger partial charge in [0.05, 0.1) is 13.7 Å². The van der Waals surface area contributed by atoms with Crippen molar-refractivity contribution in [2.45, 2.75) is 38.5 Å². The number of nitrogens with zero attached hydrogens (tertiary/aromatic N) is 3. The standard InChI is InChI=1S/C26H32FN3O4/c1-20-28-11-14-30(20)15-16-33-25-17-21(3-8-24(25)32-2)18-29-12-9-26(31,10-13-29)19-34-23-6-4-22(27)5-7-23/h3-8,11,14,17,31H,9-10,12-13,15-16,18-19H2,1-2H3. The Hall–Kier alpha value is -3.10. The number of aryl methyl sites for hydroxylation is 1. The highest BCUT2D eigenvalue weighted by molar-refractivity contribution is 5.43. The summed E-state index contributed by atoms with van der Waals surface area (Å²) in [5.74, 6) is 2.64. The number of benzene rings is 2. The molecule has 3 aromatic rings. The van der Waals surface area contributed by atoms with Gasteiger partial charge in [0.1, 0.15) is 36.2 Å².